The molecule has 2 N–H and O–H groups in total. The zero-order valence-electron chi connectivity index (χ0n) is 8.45. The average molecular weight is 291 g/mol. The van der Waals surface area contributed by atoms with Gasteiger partial charge in [-0.2, -0.15) is 11.8 Å². The summed E-state index contributed by atoms with van der Waals surface area (Å²) in [6.07, 6.45) is 2.64. The number of hydrogen-bond donors (Lipinski definition) is 2. The summed E-state index contributed by atoms with van der Waals surface area (Å²) in [7, 11) is 0. The third-order valence-electron chi connectivity index (χ3n) is 1.74. The van der Waals surface area contributed by atoms with Crippen molar-refractivity contribution in [1.82, 2.24) is 4.98 Å². The number of hydrogen-bond acceptors (Lipinski definition) is 4. The van der Waals surface area contributed by atoms with E-state index < -0.39 is 0 Å². The summed E-state index contributed by atoms with van der Waals surface area (Å²) in [5.41, 5.74) is 0. The van der Waals surface area contributed by atoms with Crippen LogP contribution in [-0.4, -0.2) is 34.7 Å². The molecule has 0 saturated carbocycles. The van der Waals surface area contributed by atoms with Crippen molar-refractivity contribution >= 4 is 33.5 Å². The highest BCUT2D eigenvalue weighted by Gasteiger charge is 1.97. The number of aliphatic hydroxyl groups excluding tert-OH is 1. The van der Waals surface area contributed by atoms with Gasteiger partial charge in [0.1, 0.15) is 5.82 Å². The number of rotatable bonds is 7. The maximum Gasteiger partial charge on any atom is 0.140 e. The van der Waals surface area contributed by atoms with Gasteiger partial charge in [0.2, 0.25) is 0 Å². The molecular weight excluding hydrogens is 276 g/mol. The molecule has 15 heavy (non-hydrogen) atoms. The fraction of sp³-hybridized carbons (Fsp3) is 0.500. The maximum absolute atomic E-state index is 8.59. The summed E-state index contributed by atoms with van der Waals surface area (Å²) >= 11 is 5.26. The number of aromatic nitrogens is 1. The molecule has 0 radical (unpaired) electrons. The van der Waals surface area contributed by atoms with E-state index in [0.29, 0.717) is 0 Å². The Kier molecular flexibility index (Phi) is 6.80. The third kappa shape index (κ3) is 5.39. The number of nitrogens with zero attached hydrogens (tertiary/aromatic N) is 1. The molecule has 0 unspecified atom stereocenters. The summed E-state index contributed by atoms with van der Waals surface area (Å²) < 4.78 is 0.991. The number of nitrogens with one attached hydrogen (secondary N) is 1. The zero-order chi connectivity index (χ0) is 10.9. The van der Waals surface area contributed by atoms with Gasteiger partial charge in [-0.3, -0.25) is 0 Å². The minimum Gasteiger partial charge on any atom is -0.396 e. The molecule has 0 aliphatic heterocycles. The van der Waals surface area contributed by atoms with Gasteiger partial charge in [-0.1, -0.05) is 0 Å². The Morgan fingerprint density at radius 1 is 1.47 bits per heavy atom. The summed E-state index contributed by atoms with van der Waals surface area (Å²) in [6, 6.07) is 3.86. The average Bonchev–Trinajstić information content (AvgIpc) is 2.25. The number of thioether (sulfide) groups is 1. The van der Waals surface area contributed by atoms with Crippen molar-refractivity contribution in [2.45, 2.75) is 6.42 Å². The SMILES string of the molecule is OCCCSCCNc1ncccc1Br. The second kappa shape index (κ2) is 7.96. The fourth-order valence-corrected chi connectivity index (χ4v) is 2.20. The molecule has 1 rings (SSSR count). The zero-order valence-corrected chi connectivity index (χ0v) is 10.9. The molecule has 0 aliphatic rings. The maximum atomic E-state index is 8.59. The molecule has 0 aliphatic carbocycles. The number of halogens is 1. The molecule has 0 atom stereocenters. The smallest absolute Gasteiger partial charge is 0.140 e. The van der Waals surface area contributed by atoms with Crippen molar-refractivity contribution in [2.24, 2.45) is 0 Å². The van der Waals surface area contributed by atoms with Crippen molar-refractivity contribution in [3.63, 3.8) is 0 Å². The number of aliphatic hydroxyl groups is 1. The molecule has 0 fully saturated rings. The Hall–Kier alpha value is -0.260. The Morgan fingerprint density at radius 2 is 2.33 bits per heavy atom. The van der Waals surface area contributed by atoms with E-state index in [1.165, 1.54) is 0 Å². The van der Waals surface area contributed by atoms with Gasteiger partial charge < -0.3 is 10.4 Å². The van der Waals surface area contributed by atoms with Gasteiger partial charge in [-0.05, 0) is 40.2 Å². The lowest BCUT2D eigenvalue weighted by atomic mass is 10.4. The van der Waals surface area contributed by atoms with Crippen LogP contribution in [0.4, 0.5) is 5.82 Å². The molecule has 0 spiro atoms. The van der Waals surface area contributed by atoms with E-state index in [0.717, 1.165) is 34.8 Å². The van der Waals surface area contributed by atoms with Crippen LogP contribution in [0.2, 0.25) is 0 Å². The van der Waals surface area contributed by atoms with E-state index >= 15 is 0 Å². The van der Waals surface area contributed by atoms with Crippen molar-refractivity contribution in [3.05, 3.63) is 22.8 Å². The molecule has 5 heteroatoms. The number of pyridine rings is 1. The molecule has 0 bridgehead atoms. The molecule has 84 valence electrons. The lowest BCUT2D eigenvalue weighted by molar-refractivity contribution is 0.296. The second-order valence-electron chi connectivity index (χ2n) is 2.95. The van der Waals surface area contributed by atoms with Crippen LogP contribution in [0, 0.1) is 0 Å². The molecule has 3 nitrogen and oxygen atoms in total. The topological polar surface area (TPSA) is 45.1 Å². The van der Waals surface area contributed by atoms with E-state index in [4.69, 9.17) is 5.11 Å². The van der Waals surface area contributed by atoms with Crippen LogP contribution in [0.1, 0.15) is 6.42 Å². The Balaban J connectivity index is 2.12. The fourth-order valence-electron chi connectivity index (χ4n) is 1.03. The predicted molar refractivity (Wildman–Crippen MR) is 69.5 cm³/mol. The quantitative estimate of drug-likeness (QED) is 0.757. The third-order valence-corrected chi connectivity index (χ3v) is 3.45. The number of anilines is 1. The predicted octanol–water partition coefficient (Wildman–Crippen LogP) is 2.37. The van der Waals surface area contributed by atoms with Crippen molar-refractivity contribution in [2.75, 3.05) is 30.0 Å². The summed E-state index contributed by atoms with van der Waals surface area (Å²) in [5, 5.41) is 11.8. The molecule has 1 heterocycles. The minimum absolute atomic E-state index is 0.284. The van der Waals surface area contributed by atoms with E-state index in [1.807, 2.05) is 23.9 Å². The van der Waals surface area contributed by atoms with Crippen molar-refractivity contribution in [3.8, 4) is 0 Å². The standard InChI is InChI=1S/C10H15BrN2OS/c11-9-3-1-4-12-10(9)13-5-8-15-7-2-6-14/h1,3-4,14H,2,5-8H2,(H,12,13). The minimum atomic E-state index is 0.284. The van der Waals surface area contributed by atoms with E-state index in [1.54, 1.807) is 6.20 Å². The molecule has 0 amide bonds. The lowest BCUT2D eigenvalue weighted by Gasteiger charge is -2.06. The van der Waals surface area contributed by atoms with Gasteiger partial charge >= 0.3 is 0 Å². The first-order valence-corrected chi connectivity index (χ1v) is 6.82. The van der Waals surface area contributed by atoms with Crippen LogP contribution in [0.5, 0.6) is 0 Å². The van der Waals surface area contributed by atoms with Crippen LogP contribution in [0.3, 0.4) is 0 Å². The highest BCUT2D eigenvalue weighted by atomic mass is 79.9. The van der Waals surface area contributed by atoms with Crippen LogP contribution in [0.25, 0.3) is 0 Å². The second-order valence-corrected chi connectivity index (χ2v) is 5.03. The Bertz CT molecular complexity index is 286. The van der Waals surface area contributed by atoms with Crippen LogP contribution >= 0.6 is 27.7 Å². The van der Waals surface area contributed by atoms with Gasteiger partial charge in [0.05, 0.1) is 4.47 Å². The van der Waals surface area contributed by atoms with Gasteiger partial charge in [-0.15, -0.1) is 0 Å². The first-order chi connectivity index (χ1) is 7.34. The van der Waals surface area contributed by atoms with E-state index in [9.17, 15) is 0 Å². The highest BCUT2D eigenvalue weighted by molar-refractivity contribution is 9.10. The highest BCUT2D eigenvalue weighted by Crippen LogP contribution is 2.18. The van der Waals surface area contributed by atoms with E-state index in [-0.39, 0.29) is 6.61 Å². The van der Waals surface area contributed by atoms with Gasteiger partial charge in [0.15, 0.2) is 0 Å². The lowest BCUT2D eigenvalue weighted by Crippen LogP contribution is -2.06. The molecule has 1 aromatic heterocycles. The monoisotopic (exact) mass is 290 g/mol. The first-order valence-electron chi connectivity index (χ1n) is 4.87. The van der Waals surface area contributed by atoms with Crippen molar-refractivity contribution in [1.29, 1.82) is 0 Å². The normalized spacial score (nSPS) is 10.3. The summed E-state index contributed by atoms with van der Waals surface area (Å²) in [5.74, 6) is 2.94. The Morgan fingerprint density at radius 3 is 3.07 bits per heavy atom. The molecular formula is C10H15BrN2OS. The Labute approximate surface area is 103 Å². The van der Waals surface area contributed by atoms with Gasteiger partial charge in [0.25, 0.3) is 0 Å². The van der Waals surface area contributed by atoms with Crippen LogP contribution < -0.4 is 5.32 Å². The van der Waals surface area contributed by atoms with Gasteiger partial charge in [-0.25, -0.2) is 4.98 Å². The largest absolute Gasteiger partial charge is 0.396 e. The van der Waals surface area contributed by atoms with E-state index in [2.05, 4.69) is 26.2 Å². The van der Waals surface area contributed by atoms with Crippen molar-refractivity contribution < 1.29 is 5.11 Å². The summed E-state index contributed by atoms with van der Waals surface area (Å²) in [6.45, 7) is 1.18. The molecule has 0 saturated heterocycles. The summed E-state index contributed by atoms with van der Waals surface area (Å²) in [4.78, 5) is 4.20. The molecule has 1 aromatic rings. The van der Waals surface area contributed by atoms with Gasteiger partial charge in [0, 0.05) is 25.1 Å². The molecule has 0 aromatic carbocycles. The van der Waals surface area contributed by atoms with Crippen LogP contribution in [-0.2, 0) is 0 Å². The van der Waals surface area contributed by atoms with Crippen LogP contribution in [0.15, 0.2) is 22.8 Å². The first kappa shape index (κ1) is 12.8.